The van der Waals surface area contributed by atoms with E-state index in [0.717, 1.165) is 18.4 Å². The standard InChI is InChI=1S/C14H27NO/c1-11-7-9-12(10-8-11)15(2)13-5-3-4-6-14(13)16/h11-14,16H,3-10H2,1-2H3/t11?,12?,13-,14-/m0/s1. The van der Waals surface area contributed by atoms with Crippen LogP contribution in [0.25, 0.3) is 0 Å². The Kier molecular flexibility index (Phi) is 4.26. The molecule has 2 nitrogen and oxygen atoms in total. The van der Waals surface area contributed by atoms with Gasteiger partial charge in [-0.25, -0.2) is 0 Å². The predicted octanol–water partition coefficient (Wildman–Crippen LogP) is 2.80. The van der Waals surface area contributed by atoms with E-state index in [9.17, 15) is 5.11 Å². The molecule has 2 atom stereocenters. The van der Waals surface area contributed by atoms with E-state index in [1.807, 2.05) is 0 Å². The Morgan fingerprint density at radius 3 is 2.19 bits per heavy atom. The van der Waals surface area contributed by atoms with Gasteiger partial charge in [-0.1, -0.05) is 19.8 Å². The first-order chi connectivity index (χ1) is 7.68. The van der Waals surface area contributed by atoms with Crippen LogP contribution in [0.4, 0.5) is 0 Å². The molecule has 0 radical (unpaired) electrons. The van der Waals surface area contributed by atoms with Crippen LogP contribution in [0.1, 0.15) is 58.3 Å². The van der Waals surface area contributed by atoms with Crippen LogP contribution in [0, 0.1) is 5.92 Å². The zero-order valence-corrected chi connectivity index (χ0v) is 10.9. The van der Waals surface area contributed by atoms with Gasteiger partial charge in [0.05, 0.1) is 6.10 Å². The van der Waals surface area contributed by atoms with Crippen molar-refractivity contribution in [2.24, 2.45) is 5.92 Å². The molecule has 0 unspecified atom stereocenters. The Labute approximate surface area is 100 Å². The average Bonchev–Trinajstić information content (AvgIpc) is 2.30. The van der Waals surface area contributed by atoms with Gasteiger partial charge in [-0.3, -0.25) is 4.90 Å². The number of likely N-dealkylation sites (N-methyl/N-ethyl adjacent to an activating group) is 1. The number of rotatable bonds is 2. The third-order valence-corrected chi connectivity index (χ3v) is 4.78. The minimum atomic E-state index is -0.0712. The Balaban J connectivity index is 1.88. The van der Waals surface area contributed by atoms with E-state index in [1.54, 1.807) is 0 Å². The molecule has 0 aromatic rings. The highest BCUT2D eigenvalue weighted by Crippen LogP contribution is 2.31. The summed E-state index contributed by atoms with van der Waals surface area (Å²) in [4.78, 5) is 2.50. The quantitative estimate of drug-likeness (QED) is 0.781. The smallest absolute Gasteiger partial charge is 0.0695 e. The van der Waals surface area contributed by atoms with Crippen molar-refractivity contribution in [3.63, 3.8) is 0 Å². The Morgan fingerprint density at radius 2 is 1.56 bits per heavy atom. The van der Waals surface area contributed by atoms with Gasteiger partial charge in [-0.2, -0.15) is 0 Å². The molecule has 16 heavy (non-hydrogen) atoms. The van der Waals surface area contributed by atoms with Gasteiger partial charge in [0, 0.05) is 12.1 Å². The van der Waals surface area contributed by atoms with Crippen molar-refractivity contribution in [2.75, 3.05) is 7.05 Å². The molecule has 0 heterocycles. The fraction of sp³-hybridized carbons (Fsp3) is 1.00. The third kappa shape index (κ3) is 2.78. The zero-order chi connectivity index (χ0) is 11.5. The van der Waals surface area contributed by atoms with Crippen molar-refractivity contribution < 1.29 is 5.11 Å². The lowest BCUT2D eigenvalue weighted by Crippen LogP contribution is -2.49. The fourth-order valence-corrected chi connectivity index (χ4v) is 3.49. The molecule has 0 amide bonds. The topological polar surface area (TPSA) is 23.5 Å². The van der Waals surface area contributed by atoms with Crippen molar-refractivity contribution in [1.82, 2.24) is 4.90 Å². The van der Waals surface area contributed by atoms with Crippen LogP contribution in [-0.4, -0.2) is 35.2 Å². The number of aliphatic hydroxyl groups is 1. The molecule has 0 saturated heterocycles. The first-order valence-corrected chi connectivity index (χ1v) is 7.08. The average molecular weight is 225 g/mol. The van der Waals surface area contributed by atoms with Crippen molar-refractivity contribution >= 4 is 0 Å². The summed E-state index contributed by atoms with van der Waals surface area (Å²) in [7, 11) is 2.24. The highest BCUT2D eigenvalue weighted by atomic mass is 16.3. The third-order valence-electron chi connectivity index (χ3n) is 4.78. The second-order valence-electron chi connectivity index (χ2n) is 6.00. The van der Waals surface area contributed by atoms with Gasteiger partial charge in [0.1, 0.15) is 0 Å². The minimum absolute atomic E-state index is 0.0712. The molecule has 2 aliphatic carbocycles. The van der Waals surface area contributed by atoms with E-state index in [-0.39, 0.29) is 6.10 Å². The SMILES string of the molecule is CC1CCC(N(C)[C@H]2CCCC[C@@H]2O)CC1. The molecule has 2 heteroatoms. The maximum atomic E-state index is 10.1. The first-order valence-electron chi connectivity index (χ1n) is 7.08. The van der Waals surface area contributed by atoms with Crippen molar-refractivity contribution in [3.05, 3.63) is 0 Å². The summed E-state index contributed by atoms with van der Waals surface area (Å²) in [6, 6.07) is 1.17. The fourth-order valence-electron chi connectivity index (χ4n) is 3.49. The normalized spacial score (nSPS) is 41.2. The highest BCUT2D eigenvalue weighted by Gasteiger charge is 2.31. The van der Waals surface area contributed by atoms with Gasteiger partial charge in [0.15, 0.2) is 0 Å². The van der Waals surface area contributed by atoms with Crippen LogP contribution >= 0.6 is 0 Å². The van der Waals surface area contributed by atoms with Crippen molar-refractivity contribution in [2.45, 2.75) is 76.5 Å². The van der Waals surface area contributed by atoms with E-state index in [1.165, 1.54) is 44.9 Å². The first kappa shape index (κ1) is 12.4. The molecule has 94 valence electrons. The lowest BCUT2D eigenvalue weighted by molar-refractivity contribution is 0.00229. The van der Waals surface area contributed by atoms with E-state index in [2.05, 4.69) is 18.9 Å². The van der Waals surface area contributed by atoms with Crippen LogP contribution in [0.15, 0.2) is 0 Å². The van der Waals surface area contributed by atoms with Crippen molar-refractivity contribution in [3.8, 4) is 0 Å². The summed E-state index contributed by atoms with van der Waals surface area (Å²) in [6.07, 6.45) is 10.1. The van der Waals surface area contributed by atoms with Crippen LogP contribution in [0.5, 0.6) is 0 Å². The van der Waals surface area contributed by atoms with Gasteiger partial charge >= 0.3 is 0 Å². The number of hydrogen-bond acceptors (Lipinski definition) is 2. The van der Waals surface area contributed by atoms with Crippen LogP contribution < -0.4 is 0 Å². The molecule has 2 rings (SSSR count). The summed E-state index contributed by atoms with van der Waals surface area (Å²) in [5.41, 5.74) is 0. The molecule has 0 aromatic heterocycles. The van der Waals surface area contributed by atoms with Crippen LogP contribution in [-0.2, 0) is 0 Å². The number of aliphatic hydroxyl groups excluding tert-OH is 1. The zero-order valence-electron chi connectivity index (χ0n) is 10.9. The van der Waals surface area contributed by atoms with Crippen molar-refractivity contribution in [1.29, 1.82) is 0 Å². The Hall–Kier alpha value is -0.0800. The maximum Gasteiger partial charge on any atom is 0.0695 e. The molecule has 1 N–H and O–H groups in total. The van der Waals surface area contributed by atoms with Gasteiger partial charge in [-0.05, 0) is 51.5 Å². The largest absolute Gasteiger partial charge is 0.391 e. The lowest BCUT2D eigenvalue weighted by atomic mass is 9.84. The van der Waals surface area contributed by atoms with E-state index in [4.69, 9.17) is 0 Å². The summed E-state index contributed by atoms with van der Waals surface area (Å²) < 4.78 is 0. The molecule has 0 aliphatic heterocycles. The van der Waals surface area contributed by atoms with E-state index < -0.39 is 0 Å². The molecule has 0 bridgehead atoms. The molecule has 2 aliphatic rings. The number of hydrogen-bond donors (Lipinski definition) is 1. The summed E-state index contributed by atoms with van der Waals surface area (Å²) in [5, 5.41) is 10.1. The lowest BCUT2D eigenvalue weighted by Gasteiger charge is -2.42. The van der Waals surface area contributed by atoms with Crippen LogP contribution in [0.3, 0.4) is 0 Å². The molecule has 0 aromatic carbocycles. The van der Waals surface area contributed by atoms with Crippen LogP contribution in [0.2, 0.25) is 0 Å². The summed E-state index contributed by atoms with van der Waals surface area (Å²) in [5.74, 6) is 0.918. The minimum Gasteiger partial charge on any atom is -0.391 e. The van der Waals surface area contributed by atoms with E-state index >= 15 is 0 Å². The molecular weight excluding hydrogens is 198 g/mol. The molecule has 2 saturated carbocycles. The molecule has 2 fully saturated rings. The van der Waals surface area contributed by atoms with Gasteiger partial charge < -0.3 is 5.11 Å². The predicted molar refractivity (Wildman–Crippen MR) is 67.4 cm³/mol. The molecular formula is C14H27NO. The maximum absolute atomic E-state index is 10.1. The highest BCUT2D eigenvalue weighted by molar-refractivity contribution is 4.87. The van der Waals surface area contributed by atoms with Gasteiger partial charge in [-0.15, -0.1) is 0 Å². The second-order valence-corrected chi connectivity index (χ2v) is 6.00. The Morgan fingerprint density at radius 1 is 0.938 bits per heavy atom. The van der Waals surface area contributed by atoms with Gasteiger partial charge in [0.2, 0.25) is 0 Å². The Bertz CT molecular complexity index is 211. The monoisotopic (exact) mass is 225 g/mol. The summed E-state index contributed by atoms with van der Waals surface area (Å²) >= 11 is 0. The second kappa shape index (κ2) is 5.50. The van der Waals surface area contributed by atoms with Gasteiger partial charge in [0.25, 0.3) is 0 Å². The number of nitrogens with zero attached hydrogens (tertiary/aromatic N) is 1. The molecule has 0 spiro atoms. The summed E-state index contributed by atoms with van der Waals surface area (Å²) in [6.45, 7) is 2.37. The van der Waals surface area contributed by atoms with E-state index in [0.29, 0.717) is 6.04 Å².